The first kappa shape index (κ1) is 14.4. The molecule has 7 heteroatoms. The van der Waals surface area contributed by atoms with Crippen molar-refractivity contribution in [2.45, 2.75) is 32.2 Å². The van der Waals surface area contributed by atoms with Crippen molar-refractivity contribution in [3.8, 4) is 0 Å². The number of hydrogen-bond acceptors (Lipinski definition) is 4. The molecule has 3 N–H and O–H groups in total. The third kappa shape index (κ3) is 5.13. The van der Waals surface area contributed by atoms with Crippen LogP contribution in [-0.4, -0.2) is 41.8 Å². The lowest BCUT2D eigenvalue weighted by molar-refractivity contribution is -0.143. The zero-order chi connectivity index (χ0) is 13.8. The molecule has 0 heterocycles. The SMILES string of the molecule is CC(C)(NC(=O)NC(=O)COCC(=O)O)C1CC1. The van der Waals surface area contributed by atoms with Gasteiger partial charge in [-0.15, -0.1) is 0 Å². The monoisotopic (exact) mass is 258 g/mol. The Labute approximate surface area is 105 Å². The molecule has 0 spiro atoms. The molecule has 0 aromatic carbocycles. The maximum absolute atomic E-state index is 11.5. The van der Waals surface area contributed by atoms with Crippen LogP contribution >= 0.6 is 0 Å². The average Bonchev–Trinajstić information content (AvgIpc) is 2.97. The standard InChI is InChI=1S/C11H18N2O5/c1-11(2,7-3-4-7)13-10(17)12-8(14)5-18-6-9(15)16/h7H,3-6H2,1-2H3,(H,15,16)(H2,12,13,14,17). The van der Waals surface area contributed by atoms with Gasteiger partial charge in [-0.05, 0) is 32.6 Å². The Balaban J connectivity index is 2.22. The van der Waals surface area contributed by atoms with Crippen molar-refractivity contribution in [1.82, 2.24) is 10.6 Å². The maximum atomic E-state index is 11.5. The number of amides is 3. The Morgan fingerprint density at radius 3 is 2.39 bits per heavy atom. The fourth-order valence-electron chi connectivity index (χ4n) is 1.62. The molecule has 1 aliphatic carbocycles. The highest BCUT2D eigenvalue weighted by atomic mass is 16.5. The number of nitrogens with one attached hydrogen (secondary N) is 2. The lowest BCUT2D eigenvalue weighted by Crippen LogP contribution is -2.51. The smallest absolute Gasteiger partial charge is 0.329 e. The van der Waals surface area contributed by atoms with Crippen molar-refractivity contribution < 1.29 is 24.2 Å². The number of carboxylic acids is 1. The molecule has 1 fully saturated rings. The predicted molar refractivity (Wildman–Crippen MR) is 61.9 cm³/mol. The quantitative estimate of drug-likeness (QED) is 0.626. The fourth-order valence-corrected chi connectivity index (χ4v) is 1.62. The highest BCUT2D eigenvalue weighted by Crippen LogP contribution is 2.38. The Bertz CT molecular complexity index is 349. The summed E-state index contributed by atoms with van der Waals surface area (Å²) in [7, 11) is 0. The van der Waals surface area contributed by atoms with Crippen molar-refractivity contribution in [2.75, 3.05) is 13.2 Å². The van der Waals surface area contributed by atoms with Crippen LogP contribution in [0.5, 0.6) is 0 Å². The molecule has 0 aromatic rings. The van der Waals surface area contributed by atoms with Gasteiger partial charge in [-0.2, -0.15) is 0 Å². The third-order valence-electron chi connectivity index (χ3n) is 2.75. The van der Waals surface area contributed by atoms with Crippen molar-refractivity contribution in [1.29, 1.82) is 0 Å². The summed E-state index contributed by atoms with van der Waals surface area (Å²) < 4.78 is 4.56. The van der Waals surface area contributed by atoms with Crippen LogP contribution in [0.4, 0.5) is 4.79 Å². The Morgan fingerprint density at radius 1 is 1.28 bits per heavy atom. The summed E-state index contributed by atoms with van der Waals surface area (Å²) in [5.74, 6) is -1.39. The lowest BCUT2D eigenvalue weighted by atomic mass is 9.99. The second kappa shape index (κ2) is 5.81. The molecule has 3 amide bonds. The molecule has 1 rings (SSSR count). The summed E-state index contributed by atoms with van der Waals surface area (Å²) in [6, 6.07) is -0.587. The first-order valence-electron chi connectivity index (χ1n) is 5.73. The summed E-state index contributed by atoms with van der Waals surface area (Å²) in [6.07, 6.45) is 2.14. The summed E-state index contributed by atoms with van der Waals surface area (Å²) >= 11 is 0. The van der Waals surface area contributed by atoms with Gasteiger partial charge in [0.25, 0.3) is 5.91 Å². The second-order valence-corrected chi connectivity index (χ2v) is 4.88. The van der Waals surface area contributed by atoms with Crippen LogP contribution in [0.1, 0.15) is 26.7 Å². The van der Waals surface area contributed by atoms with E-state index >= 15 is 0 Å². The van der Waals surface area contributed by atoms with Crippen molar-refractivity contribution in [3.05, 3.63) is 0 Å². The maximum Gasteiger partial charge on any atom is 0.329 e. The van der Waals surface area contributed by atoms with E-state index in [1.54, 1.807) is 0 Å². The van der Waals surface area contributed by atoms with Crippen molar-refractivity contribution in [2.24, 2.45) is 5.92 Å². The molecule has 1 saturated carbocycles. The van der Waals surface area contributed by atoms with E-state index in [0.29, 0.717) is 5.92 Å². The van der Waals surface area contributed by atoms with Crippen molar-refractivity contribution >= 4 is 17.9 Å². The van der Waals surface area contributed by atoms with Gasteiger partial charge in [0.15, 0.2) is 0 Å². The van der Waals surface area contributed by atoms with Gasteiger partial charge < -0.3 is 15.2 Å². The summed E-state index contributed by atoms with van der Waals surface area (Å²) in [5, 5.41) is 13.1. The minimum absolute atomic E-state index is 0.341. The van der Waals surface area contributed by atoms with Crippen LogP contribution in [0.15, 0.2) is 0 Å². The highest BCUT2D eigenvalue weighted by Gasteiger charge is 2.38. The van der Waals surface area contributed by atoms with E-state index in [4.69, 9.17) is 5.11 Å². The molecule has 0 atom stereocenters. The normalized spacial score (nSPS) is 15.0. The van der Waals surface area contributed by atoms with Crippen LogP contribution in [0, 0.1) is 5.92 Å². The van der Waals surface area contributed by atoms with E-state index in [-0.39, 0.29) is 5.54 Å². The van der Waals surface area contributed by atoms with Gasteiger partial charge in [0.2, 0.25) is 0 Å². The second-order valence-electron chi connectivity index (χ2n) is 4.88. The minimum Gasteiger partial charge on any atom is -0.480 e. The van der Waals surface area contributed by atoms with E-state index in [9.17, 15) is 14.4 Å². The number of carbonyl (C=O) groups excluding carboxylic acids is 2. The molecule has 0 aromatic heterocycles. The molecule has 0 aliphatic heterocycles. The van der Waals surface area contributed by atoms with Crippen LogP contribution in [0.25, 0.3) is 0 Å². The predicted octanol–water partition coefficient (Wildman–Crippen LogP) is 0.102. The number of ether oxygens (including phenoxy) is 1. The average molecular weight is 258 g/mol. The Morgan fingerprint density at radius 2 is 1.89 bits per heavy atom. The van der Waals surface area contributed by atoms with Gasteiger partial charge in [0.05, 0.1) is 0 Å². The number of hydrogen-bond donors (Lipinski definition) is 3. The molecule has 1 aliphatic rings. The van der Waals surface area contributed by atoms with Crippen LogP contribution in [0.3, 0.4) is 0 Å². The van der Waals surface area contributed by atoms with Gasteiger partial charge in [-0.3, -0.25) is 10.1 Å². The number of imide groups is 1. The van der Waals surface area contributed by atoms with E-state index in [0.717, 1.165) is 12.8 Å². The number of rotatable bonds is 6. The molecule has 0 bridgehead atoms. The van der Waals surface area contributed by atoms with Gasteiger partial charge in [0, 0.05) is 5.54 Å². The number of carboxylic acid groups (broad SMARTS) is 1. The lowest BCUT2D eigenvalue weighted by Gasteiger charge is -2.25. The molecular weight excluding hydrogens is 240 g/mol. The molecule has 0 saturated heterocycles. The number of aliphatic carboxylic acids is 1. The van der Waals surface area contributed by atoms with Gasteiger partial charge in [0.1, 0.15) is 13.2 Å². The topological polar surface area (TPSA) is 105 Å². The van der Waals surface area contributed by atoms with Crippen molar-refractivity contribution in [3.63, 3.8) is 0 Å². The molecule has 0 radical (unpaired) electrons. The van der Waals surface area contributed by atoms with E-state index in [1.807, 2.05) is 13.8 Å². The largest absolute Gasteiger partial charge is 0.480 e. The fraction of sp³-hybridized carbons (Fsp3) is 0.727. The molecule has 102 valence electrons. The first-order valence-corrected chi connectivity index (χ1v) is 5.73. The zero-order valence-electron chi connectivity index (χ0n) is 10.5. The highest BCUT2D eigenvalue weighted by molar-refractivity contribution is 5.95. The minimum atomic E-state index is -1.16. The molecule has 7 nitrogen and oxygen atoms in total. The van der Waals surface area contributed by atoms with Gasteiger partial charge in [-0.1, -0.05) is 0 Å². The number of urea groups is 1. The summed E-state index contributed by atoms with van der Waals surface area (Å²) in [6.45, 7) is 2.78. The summed E-state index contributed by atoms with van der Waals surface area (Å²) in [5.41, 5.74) is -0.341. The van der Waals surface area contributed by atoms with E-state index < -0.39 is 31.1 Å². The van der Waals surface area contributed by atoms with Gasteiger partial charge >= 0.3 is 12.0 Å². The third-order valence-corrected chi connectivity index (χ3v) is 2.75. The molecule has 18 heavy (non-hydrogen) atoms. The van der Waals surface area contributed by atoms with E-state index in [1.165, 1.54) is 0 Å². The zero-order valence-corrected chi connectivity index (χ0v) is 10.5. The van der Waals surface area contributed by atoms with E-state index in [2.05, 4.69) is 15.4 Å². The van der Waals surface area contributed by atoms with Crippen LogP contribution < -0.4 is 10.6 Å². The Hall–Kier alpha value is -1.63. The molecular formula is C11H18N2O5. The van der Waals surface area contributed by atoms with Crippen LogP contribution in [0.2, 0.25) is 0 Å². The Kier molecular flexibility index (Phi) is 4.66. The van der Waals surface area contributed by atoms with Gasteiger partial charge in [-0.25, -0.2) is 9.59 Å². The first-order chi connectivity index (χ1) is 8.31. The van der Waals surface area contributed by atoms with Crippen LogP contribution in [-0.2, 0) is 14.3 Å². The molecule has 0 unspecified atom stereocenters. The summed E-state index contributed by atoms with van der Waals surface area (Å²) in [4.78, 5) is 32.8. The number of carbonyl (C=O) groups is 3.